The van der Waals surface area contributed by atoms with Gasteiger partial charge in [0, 0.05) is 13.6 Å². The summed E-state index contributed by atoms with van der Waals surface area (Å²) >= 11 is 0. The SMILES string of the molecule is CC[C@@H](Nc1nc(C)nc2c1cnn2C)c1ncnn1CC. The molecule has 8 heteroatoms. The van der Waals surface area contributed by atoms with E-state index in [1.54, 1.807) is 17.2 Å². The normalized spacial score (nSPS) is 12.7. The van der Waals surface area contributed by atoms with Crippen LogP contribution in [-0.4, -0.2) is 34.5 Å². The van der Waals surface area contributed by atoms with Crippen LogP contribution in [0.3, 0.4) is 0 Å². The molecular weight excluding hydrogens is 280 g/mol. The van der Waals surface area contributed by atoms with Gasteiger partial charge < -0.3 is 5.32 Å². The van der Waals surface area contributed by atoms with E-state index in [4.69, 9.17) is 0 Å². The minimum Gasteiger partial charge on any atom is -0.359 e. The zero-order valence-electron chi connectivity index (χ0n) is 13.3. The van der Waals surface area contributed by atoms with Crippen LogP contribution in [0.4, 0.5) is 5.82 Å². The molecular formula is C14H20N8. The van der Waals surface area contributed by atoms with Crippen LogP contribution in [-0.2, 0) is 13.6 Å². The van der Waals surface area contributed by atoms with Gasteiger partial charge in [-0.15, -0.1) is 0 Å². The number of rotatable bonds is 5. The molecule has 0 aliphatic rings. The number of hydrogen-bond acceptors (Lipinski definition) is 6. The summed E-state index contributed by atoms with van der Waals surface area (Å²) in [4.78, 5) is 13.4. The minimum atomic E-state index is 0.0418. The second-order valence-electron chi connectivity index (χ2n) is 5.16. The topological polar surface area (TPSA) is 86.3 Å². The molecule has 22 heavy (non-hydrogen) atoms. The highest BCUT2D eigenvalue weighted by Crippen LogP contribution is 2.25. The Kier molecular flexibility index (Phi) is 3.74. The zero-order chi connectivity index (χ0) is 15.7. The van der Waals surface area contributed by atoms with Crippen LogP contribution in [0.1, 0.15) is 38.0 Å². The van der Waals surface area contributed by atoms with Gasteiger partial charge in [0.25, 0.3) is 0 Å². The standard InChI is InChI=1S/C14H20N8/c1-5-11(14-15-8-17-22(14)6-2)20-12-10-7-16-21(4)13(10)19-9(3)18-12/h7-8,11H,5-6H2,1-4H3,(H,18,19,20)/t11-/m1/s1. The lowest BCUT2D eigenvalue weighted by atomic mass is 10.2. The number of nitrogens with one attached hydrogen (secondary N) is 1. The Labute approximate surface area is 128 Å². The van der Waals surface area contributed by atoms with Crippen LogP contribution < -0.4 is 5.32 Å². The van der Waals surface area contributed by atoms with Crippen molar-refractivity contribution < 1.29 is 0 Å². The minimum absolute atomic E-state index is 0.0418. The zero-order valence-corrected chi connectivity index (χ0v) is 13.3. The summed E-state index contributed by atoms with van der Waals surface area (Å²) in [5, 5.41) is 12.9. The highest BCUT2D eigenvalue weighted by atomic mass is 15.3. The largest absolute Gasteiger partial charge is 0.359 e. The lowest BCUT2D eigenvalue weighted by Crippen LogP contribution is -2.17. The molecule has 0 radical (unpaired) electrons. The van der Waals surface area contributed by atoms with Crippen molar-refractivity contribution in [3.63, 3.8) is 0 Å². The van der Waals surface area contributed by atoms with Gasteiger partial charge in [0.2, 0.25) is 0 Å². The summed E-state index contributed by atoms with van der Waals surface area (Å²) in [6.07, 6.45) is 4.26. The fourth-order valence-electron chi connectivity index (χ4n) is 2.54. The molecule has 3 heterocycles. The molecule has 1 atom stereocenters. The Balaban J connectivity index is 2.01. The number of anilines is 1. The van der Waals surface area contributed by atoms with Crippen molar-refractivity contribution >= 4 is 16.9 Å². The number of nitrogens with zero attached hydrogens (tertiary/aromatic N) is 7. The molecule has 0 unspecified atom stereocenters. The first-order chi connectivity index (χ1) is 10.6. The Morgan fingerprint density at radius 1 is 1.23 bits per heavy atom. The maximum absolute atomic E-state index is 4.53. The maximum atomic E-state index is 4.53. The molecule has 0 saturated heterocycles. The molecule has 0 aliphatic heterocycles. The predicted molar refractivity (Wildman–Crippen MR) is 83.4 cm³/mol. The average molecular weight is 300 g/mol. The van der Waals surface area contributed by atoms with Crippen LogP contribution in [0.5, 0.6) is 0 Å². The van der Waals surface area contributed by atoms with Crippen molar-refractivity contribution in [1.82, 2.24) is 34.5 Å². The molecule has 0 bridgehead atoms. The molecule has 0 saturated carbocycles. The Bertz CT molecular complexity index is 787. The van der Waals surface area contributed by atoms with Crippen LogP contribution >= 0.6 is 0 Å². The molecule has 8 nitrogen and oxygen atoms in total. The molecule has 0 fully saturated rings. The summed E-state index contributed by atoms with van der Waals surface area (Å²) in [5.74, 6) is 2.41. The van der Waals surface area contributed by atoms with E-state index >= 15 is 0 Å². The molecule has 3 rings (SSSR count). The molecule has 0 aliphatic carbocycles. The summed E-state index contributed by atoms with van der Waals surface area (Å²) in [6, 6.07) is 0.0418. The summed E-state index contributed by atoms with van der Waals surface area (Å²) in [6.45, 7) is 6.84. The third kappa shape index (κ3) is 2.40. The molecule has 1 N–H and O–H groups in total. The lowest BCUT2D eigenvalue weighted by Gasteiger charge is -2.18. The fourth-order valence-corrected chi connectivity index (χ4v) is 2.54. The quantitative estimate of drug-likeness (QED) is 0.774. The van der Waals surface area contributed by atoms with E-state index in [9.17, 15) is 0 Å². The van der Waals surface area contributed by atoms with Gasteiger partial charge in [-0.2, -0.15) is 10.2 Å². The number of aryl methyl sites for hydroxylation is 3. The summed E-state index contributed by atoms with van der Waals surface area (Å²) < 4.78 is 3.65. The average Bonchev–Trinajstić information content (AvgIpc) is 3.12. The lowest BCUT2D eigenvalue weighted by molar-refractivity contribution is 0.568. The Morgan fingerprint density at radius 3 is 2.77 bits per heavy atom. The third-order valence-electron chi connectivity index (χ3n) is 3.68. The van der Waals surface area contributed by atoms with E-state index in [-0.39, 0.29) is 6.04 Å². The van der Waals surface area contributed by atoms with E-state index in [0.717, 1.165) is 35.6 Å². The smallest absolute Gasteiger partial charge is 0.163 e. The highest BCUT2D eigenvalue weighted by Gasteiger charge is 2.18. The molecule has 0 spiro atoms. The van der Waals surface area contributed by atoms with Crippen LogP contribution in [0, 0.1) is 6.92 Å². The summed E-state index contributed by atoms with van der Waals surface area (Å²) in [5.41, 5.74) is 0.821. The number of aromatic nitrogens is 7. The highest BCUT2D eigenvalue weighted by molar-refractivity contribution is 5.86. The predicted octanol–water partition coefficient (Wildman–Crippen LogP) is 1.85. The van der Waals surface area contributed by atoms with Gasteiger partial charge in [0.05, 0.1) is 17.6 Å². The summed E-state index contributed by atoms with van der Waals surface area (Å²) in [7, 11) is 1.88. The van der Waals surface area contributed by atoms with Gasteiger partial charge in [-0.25, -0.2) is 19.6 Å². The van der Waals surface area contributed by atoms with Crippen molar-refractivity contribution in [2.24, 2.45) is 7.05 Å². The molecule has 116 valence electrons. The first kappa shape index (κ1) is 14.4. The van der Waals surface area contributed by atoms with Gasteiger partial charge in [-0.05, 0) is 20.3 Å². The third-order valence-corrected chi connectivity index (χ3v) is 3.68. The maximum Gasteiger partial charge on any atom is 0.163 e. The number of fused-ring (bicyclic) bond motifs is 1. The first-order valence-corrected chi connectivity index (χ1v) is 7.44. The Morgan fingerprint density at radius 2 is 2.05 bits per heavy atom. The van der Waals surface area contributed by atoms with E-state index in [2.05, 4.69) is 44.3 Å². The van der Waals surface area contributed by atoms with Gasteiger partial charge in [-0.3, -0.25) is 4.68 Å². The van der Waals surface area contributed by atoms with E-state index in [1.807, 2.05) is 18.7 Å². The fraction of sp³-hybridized carbons (Fsp3) is 0.500. The van der Waals surface area contributed by atoms with Gasteiger partial charge >= 0.3 is 0 Å². The second kappa shape index (κ2) is 5.70. The molecule has 3 aromatic rings. The van der Waals surface area contributed by atoms with Crippen molar-refractivity contribution in [2.45, 2.75) is 39.8 Å². The van der Waals surface area contributed by atoms with Crippen molar-refractivity contribution in [1.29, 1.82) is 0 Å². The van der Waals surface area contributed by atoms with Crippen LogP contribution in [0.15, 0.2) is 12.5 Å². The van der Waals surface area contributed by atoms with Crippen molar-refractivity contribution in [3.8, 4) is 0 Å². The number of hydrogen-bond donors (Lipinski definition) is 1. The van der Waals surface area contributed by atoms with E-state index in [1.165, 1.54) is 0 Å². The van der Waals surface area contributed by atoms with Crippen molar-refractivity contribution in [3.05, 3.63) is 24.2 Å². The first-order valence-electron chi connectivity index (χ1n) is 7.44. The van der Waals surface area contributed by atoms with Crippen molar-refractivity contribution in [2.75, 3.05) is 5.32 Å². The van der Waals surface area contributed by atoms with Crippen LogP contribution in [0.2, 0.25) is 0 Å². The molecule has 0 amide bonds. The van der Waals surface area contributed by atoms with Gasteiger partial charge in [-0.1, -0.05) is 6.92 Å². The molecule has 3 aromatic heterocycles. The second-order valence-corrected chi connectivity index (χ2v) is 5.16. The monoisotopic (exact) mass is 300 g/mol. The molecule has 0 aromatic carbocycles. The van der Waals surface area contributed by atoms with E-state index < -0.39 is 0 Å². The van der Waals surface area contributed by atoms with Gasteiger partial charge in [0.15, 0.2) is 5.65 Å². The van der Waals surface area contributed by atoms with Crippen LogP contribution in [0.25, 0.3) is 11.0 Å². The Hall–Kier alpha value is -2.51. The van der Waals surface area contributed by atoms with E-state index in [0.29, 0.717) is 5.82 Å². The van der Waals surface area contributed by atoms with Gasteiger partial charge in [0.1, 0.15) is 23.8 Å².